The highest BCUT2D eigenvalue weighted by molar-refractivity contribution is 5.85. The maximum absolute atomic E-state index is 10.2. The highest BCUT2D eigenvalue weighted by atomic mass is 16.5. The zero-order valence-electron chi connectivity index (χ0n) is 10.8. The lowest BCUT2D eigenvalue weighted by Gasteiger charge is -2.02. The number of methoxy groups -OCH3 is 1. The number of nitrogen functional groups attached to an aromatic ring is 1. The molecule has 0 spiro atoms. The van der Waals surface area contributed by atoms with Crippen molar-refractivity contribution in [3.05, 3.63) is 53.7 Å². The lowest BCUT2D eigenvalue weighted by molar-refractivity contribution is -0.360. The molecule has 2 rings (SSSR count). The first-order valence-corrected chi connectivity index (χ1v) is 5.62. The van der Waals surface area contributed by atoms with Gasteiger partial charge in [0.2, 0.25) is 0 Å². The first kappa shape index (κ1) is 14.5. The molecule has 19 heavy (non-hydrogen) atoms. The van der Waals surface area contributed by atoms with E-state index in [1.807, 2.05) is 25.3 Å². The van der Waals surface area contributed by atoms with Crippen molar-refractivity contribution in [1.82, 2.24) is 0 Å². The molecule has 0 saturated carbocycles. The molecule has 0 bridgehead atoms. The van der Waals surface area contributed by atoms with Crippen molar-refractivity contribution in [2.24, 2.45) is 0 Å². The van der Waals surface area contributed by atoms with E-state index in [1.165, 1.54) is 24.8 Å². The van der Waals surface area contributed by atoms with Crippen LogP contribution in [-0.2, 0) is 0 Å². The third-order valence-corrected chi connectivity index (χ3v) is 2.31. The second-order valence-corrected chi connectivity index (χ2v) is 3.84. The number of hydrogen-bond donors (Lipinski definition) is 1. The van der Waals surface area contributed by atoms with Gasteiger partial charge >= 0.3 is 0 Å². The predicted molar refractivity (Wildman–Crippen MR) is 69.5 cm³/mol. The lowest BCUT2D eigenvalue weighted by Crippen LogP contribution is -2.21. The van der Waals surface area contributed by atoms with Crippen molar-refractivity contribution in [3.63, 3.8) is 0 Å². The molecule has 5 heteroatoms. The minimum Gasteiger partial charge on any atom is -0.545 e. The minimum absolute atomic E-state index is 0.158. The number of carboxylic acids is 1. The summed E-state index contributed by atoms with van der Waals surface area (Å²) in [5.74, 6) is 0.174. The predicted octanol–water partition coefficient (Wildman–Crippen LogP) is 0.450. The smallest absolute Gasteiger partial charge is 0.270 e. The highest BCUT2D eigenvalue weighted by Gasteiger charge is 1.92. The molecule has 3 N–H and O–H groups in total. The van der Waals surface area contributed by atoms with E-state index in [9.17, 15) is 9.90 Å². The van der Waals surface area contributed by atoms with Gasteiger partial charge in [-0.15, -0.1) is 0 Å². The molecule has 0 unspecified atom stereocenters. The third-order valence-electron chi connectivity index (χ3n) is 2.31. The molecule has 1 aromatic heterocycles. The van der Waals surface area contributed by atoms with Gasteiger partial charge in [0.25, 0.3) is 5.82 Å². The number of ether oxygens (including phenoxy) is 1. The molecule has 0 aliphatic carbocycles. The zero-order chi connectivity index (χ0) is 14.3. The van der Waals surface area contributed by atoms with E-state index in [1.54, 1.807) is 12.1 Å². The number of carboxylic acid groups (broad SMARTS) is 1. The van der Waals surface area contributed by atoms with E-state index in [-0.39, 0.29) is 5.56 Å². The summed E-state index contributed by atoms with van der Waals surface area (Å²) in [6, 6.07) is 9.88. The molecule has 0 atom stereocenters. The molecule has 100 valence electrons. The largest absolute Gasteiger partial charge is 0.545 e. The average Bonchev–Trinajstić information content (AvgIpc) is 2.39. The van der Waals surface area contributed by atoms with Crippen LogP contribution >= 0.6 is 0 Å². The Morgan fingerprint density at radius 1 is 1.26 bits per heavy atom. The molecular weight excluding hydrogens is 244 g/mol. The molecule has 5 nitrogen and oxygen atoms in total. The van der Waals surface area contributed by atoms with Gasteiger partial charge in [0.05, 0.1) is 19.3 Å². The number of pyridine rings is 1. The Morgan fingerprint density at radius 3 is 2.26 bits per heavy atom. The number of nitrogens with two attached hydrogens (primary N) is 1. The number of rotatable bonds is 2. The van der Waals surface area contributed by atoms with Crippen LogP contribution in [0.2, 0.25) is 0 Å². The number of carbonyl (C=O) groups excluding carboxylic acids is 1. The molecule has 0 radical (unpaired) electrons. The van der Waals surface area contributed by atoms with Crippen LogP contribution in [0.1, 0.15) is 15.9 Å². The fourth-order valence-electron chi connectivity index (χ4n) is 1.33. The van der Waals surface area contributed by atoms with Crippen LogP contribution in [0.25, 0.3) is 0 Å². The number of hydrogen-bond acceptors (Lipinski definition) is 4. The van der Waals surface area contributed by atoms with Crippen LogP contribution in [-0.4, -0.2) is 13.1 Å². The molecule has 0 saturated heterocycles. The number of carbonyl (C=O) groups is 1. The van der Waals surface area contributed by atoms with E-state index < -0.39 is 5.97 Å². The molecule has 0 fully saturated rings. The normalized spacial score (nSPS) is 9.16. The van der Waals surface area contributed by atoms with E-state index in [0.717, 1.165) is 0 Å². The Labute approximate surface area is 111 Å². The van der Waals surface area contributed by atoms with Crippen LogP contribution in [0.15, 0.2) is 42.6 Å². The first-order valence-electron chi connectivity index (χ1n) is 5.62. The lowest BCUT2D eigenvalue weighted by atomic mass is 10.2. The van der Waals surface area contributed by atoms with Crippen molar-refractivity contribution in [3.8, 4) is 5.75 Å². The van der Waals surface area contributed by atoms with Gasteiger partial charge in [0.1, 0.15) is 5.75 Å². The van der Waals surface area contributed by atoms with Crippen molar-refractivity contribution in [2.45, 2.75) is 6.92 Å². The number of nitrogens with one attached hydrogen (secondary N) is 1. The SMILES string of the molecule is COc1ccc(C(=O)[O-])cc1.Cc1cc[nH+]c(N)c1. The minimum atomic E-state index is -1.17. The monoisotopic (exact) mass is 260 g/mol. The number of aromatic carboxylic acids is 1. The zero-order valence-corrected chi connectivity index (χ0v) is 10.8. The van der Waals surface area contributed by atoms with Gasteiger partial charge < -0.3 is 14.6 Å². The maximum Gasteiger partial charge on any atom is 0.270 e. The van der Waals surface area contributed by atoms with Crippen LogP contribution in [0, 0.1) is 6.92 Å². The van der Waals surface area contributed by atoms with E-state index in [2.05, 4.69) is 4.98 Å². The van der Waals surface area contributed by atoms with Crippen LogP contribution in [0.4, 0.5) is 5.82 Å². The van der Waals surface area contributed by atoms with Gasteiger partial charge in [-0.05, 0) is 48.4 Å². The summed E-state index contributed by atoms with van der Waals surface area (Å²) >= 11 is 0. The van der Waals surface area contributed by atoms with Gasteiger partial charge in [-0.3, -0.25) is 5.73 Å². The van der Waals surface area contributed by atoms with Gasteiger partial charge in [0, 0.05) is 6.07 Å². The van der Waals surface area contributed by atoms with Gasteiger partial charge in [-0.25, -0.2) is 4.98 Å². The fourth-order valence-corrected chi connectivity index (χ4v) is 1.33. The number of aryl methyl sites for hydroxylation is 1. The summed E-state index contributed by atoms with van der Waals surface area (Å²) in [6.07, 6.45) is 1.82. The Hall–Kier alpha value is -2.56. The topological polar surface area (TPSA) is 89.5 Å². The van der Waals surface area contributed by atoms with Crippen LogP contribution < -0.4 is 20.6 Å². The molecular formula is C14H16N2O3. The van der Waals surface area contributed by atoms with Crippen LogP contribution in [0.3, 0.4) is 0 Å². The Bertz CT molecular complexity index is 521. The summed E-state index contributed by atoms with van der Waals surface area (Å²) in [5, 5.41) is 10.2. The summed E-state index contributed by atoms with van der Waals surface area (Å²) < 4.78 is 4.84. The number of anilines is 1. The summed E-state index contributed by atoms with van der Waals surface area (Å²) in [4.78, 5) is 13.1. The number of H-pyrrole nitrogens is 1. The molecule has 0 amide bonds. The quantitative estimate of drug-likeness (QED) is 0.849. The Kier molecular flexibility index (Phi) is 5.35. The molecule has 0 aliphatic heterocycles. The summed E-state index contributed by atoms with van der Waals surface area (Å²) in [7, 11) is 1.52. The first-order chi connectivity index (χ1) is 9.02. The fraction of sp³-hybridized carbons (Fsp3) is 0.143. The maximum atomic E-state index is 10.2. The number of aromatic nitrogens is 1. The van der Waals surface area contributed by atoms with Crippen molar-refractivity contribution < 1.29 is 19.6 Å². The Morgan fingerprint density at radius 2 is 1.89 bits per heavy atom. The van der Waals surface area contributed by atoms with Gasteiger partial charge in [0.15, 0.2) is 0 Å². The standard InChI is InChI=1S/C8H8O3.C6H8N2/c1-11-7-4-2-6(3-5-7)8(9)10;1-5-2-3-8-6(7)4-5/h2-5H,1H3,(H,9,10);2-4H,1H3,(H2,7,8). The average molecular weight is 260 g/mol. The van der Waals surface area contributed by atoms with Gasteiger partial charge in [-0.1, -0.05) is 0 Å². The van der Waals surface area contributed by atoms with Crippen molar-refractivity contribution in [1.29, 1.82) is 0 Å². The second-order valence-electron chi connectivity index (χ2n) is 3.84. The molecule has 2 aromatic rings. The molecule has 1 aromatic carbocycles. The Balaban J connectivity index is 0.000000200. The van der Waals surface area contributed by atoms with E-state index in [4.69, 9.17) is 10.5 Å². The highest BCUT2D eigenvalue weighted by Crippen LogP contribution is 2.10. The number of aromatic amines is 1. The third kappa shape index (κ3) is 5.08. The van der Waals surface area contributed by atoms with E-state index in [0.29, 0.717) is 11.6 Å². The van der Waals surface area contributed by atoms with Crippen LogP contribution in [0.5, 0.6) is 5.75 Å². The molecule has 1 heterocycles. The molecule has 0 aliphatic rings. The summed E-state index contributed by atoms with van der Waals surface area (Å²) in [5.41, 5.74) is 6.74. The van der Waals surface area contributed by atoms with Gasteiger partial charge in [-0.2, -0.15) is 0 Å². The van der Waals surface area contributed by atoms with Crippen molar-refractivity contribution >= 4 is 11.8 Å². The van der Waals surface area contributed by atoms with E-state index >= 15 is 0 Å². The summed E-state index contributed by atoms with van der Waals surface area (Å²) in [6.45, 7) is 2.00. The second kappa shape index (κ2) is 7.00. The van der Waals surface area contributed by atoms with Crippen molar-refractivity contribution in [2.75, 3.05) is 12.8 Å². The number of benzene rings is 1.